The first kappa shape index (κ1) is 16.7. The molecule has 1 aromatic heterocycles. The number of hydrogen-bond donors (Lipinski definition) is 3. The van der Waals surface area contributed by atoms with Gasteiger partial charge in [-0.2, -0.15) is 0 Å². The van der Waals surface area contributed by atoms with Crippen molar-refractivity contribution in [3.05, 3.63) is 69.3 Å². The first-order valence-electron chi connectivity index (χ1n) is 6.87. The molecule has 0 saturated heterocycles. The van der Waals surface area contributed by atoms with E-state index in [-0.39, 0.29) is 5.56 Å². The summed E-state index contributed by atoms with van der Waals surface area (Å²) in [6, 6.07) is 10.9. The highest BCUT2D eigenvalue weighted by Crippen LogP contribution is 2.30. The highest BCUT2D eigenvalue weighted by Gasteiger charge is 2.16. The molecule has 0 spiro atoms. The minimum atomic E-state index is -0.651. The maximum atomic E-state index is 11.9. The fourth-order valence-electron chi connectivity index (χ4n) is 2.20. The molecule has 0 saturated carbocycles. The summed E-state index contributed by atoms with van der Waals surface area (Å²) < 4.78 is 2.84. The molecule has 8 heteroatoms. The van der Waals surface area contributed by atoms with Gasteiger partial charge in [0.1, 0.15) is 0 Å². The van der Waals surface area contributed by atoms with Gasteiger partial charge < -0.3 is 9.88 Å². The average Bonchev–Trinajstić information content (AvgIpc) is 3.11. The van der Waals surface area contributed by atoms with Crippen molar-refractivity contribution in [1.29, 1.82) is 0 Å². The number of nitrogens with zero attached hydrogens (tertiary/aromatic N) is 2. The van der Waals surface area contributed by atoms with Gasteiger partial charge in [-0.3, -0.25) is 10.0 Å². The smallest absolute Gasteiger partial charge is 0.276 e. The van der Waals surface area contributed by atoms with Crippen LogP contribution in [0.25, 0.3) is 5.69 Å². The van der Waals surface area contributed by atoms with E-state index in [1.165, 1.54) is 6.07 Å². The molecule has 0 unspecified atom stereocenters. The first-order valence-corrected chi connectivity index (χ1v) is 8.33. The molecule has 0 aliphatic heterocycles. The number of hydroxylamine groups is 1. The Morgan fingerprint density at radius 2 is 2.00 bits per heavy atom. The quantitative estimate of drug-likeness (QED) is 0.316. The van der Waals surface area contributed by atoms with Crippen LogP contribution in [0.2, 0.25) is 5.02 Å². The minimum absolute atomic E-state index is 0.227. The van der Waals surface area contributed by atoms with Crippen LogP contribution < -0.4 is 10.8 Å². The summed E-state index contributed by atoms with van der Waals surface area (Å²) in [5.41, 5.74) is 3.85. The normalized spacial score (nSPS) is 10.5. The maximum absolute atomic E-state index is 11.9. The molecule has 3 aromatic rings. The molecular weight excluding hydrogens is 443 g/mol. The van der Waals surface area contributed by atoms with E-state index in [2.05, 4.69) is 32.9 Å². The topological polar surface area (TPSA) is 79.2 Å². The van der Waals surface area contributed by atoms with E-state index in [1.807, 2.05) is 24.3 Å². The summed E-state index contributed by atoms with van der Waals surface area (Å²) >= 11 is 8.49. The number of benzene rings is 2. The number of nitrogens with one attached hydrogen (secondary N) is 2. The highest BCUT2D eigenvalue weighted by molar-refractivity contribution is 14.1. The molecule has 0 radical (unpaired) electrons. The van der Waals surface area contributed by atoms with Crippen LogP contribution in [0.15, 0.2) is 55.1 Å². The summed E-state index contributed by atoms with van der Waals surface area (Å²) in [4.78, 5) is 15.9. The maximum Gasteiger partial charge on any atom is 0.276 e. The second-order valence-electron chi connectivity index (χ2n) is 4.89. The van der Waals surface area contributed by atoms with Crippen LogP contribution in [0.3, 0.4) is 0 Å². The van der Waals surface area contributed by atoms with E-state index >= 15 is 0 Å². The molecule has 3 N–H and O–H groups in total. The van der Waals surface area contributed by atoms with Crippen LogP contribution >= 0.6 is 34.2 Å². The van der Waals surface area contributed by atoms with E-state index < -0.39 is 5.91 Å². The molecule has 24 heavy (non-hydrogen) atoms. The molecule has 0 bridgehead atoms. The van der Waals surface area contributed by atoms with Gasteiger partial charge in [0.05, 0.1) is 28.3 Å². The van der Waals surface area contributed by atoms with Crippen molar-refractivity contribution in [2.45, 2.75) is 0 Å². The Balaban J connectivity index is 2.08. The van der Waals surface area contributed by atoms with Crippen molar-refractivity contribution in [1.82, 2.24) is 15.0 Å². The van der Waals surface area contributed by atoms with Gasteiger partial charge in [0.15, 0.2) is 0 Å². The van der Waals surface area contributed by atoms with Crippen LogP contribution in [-0.4, -0.2) is 20.7 Å². The van der Waals surface area contributed by atoms with E-state index in [1.54, 1.807) is 34.8 Å². The van der Waals surface area contributed by atoms with Gasteiger partial charge >= 0.3 is 0 Å². The van der Waals surface area contributed by atoms with Crippen LogP contribution in [0.5, 0.6) is 0 Å². The van der Waals surface area contributed by atoms with E-state index in [0.29, 0.717) is 16.4 Å². The SMILES string of the molecule is O=C(NO)c1cc(Cl)c(-n2ccnc2)cc1Nc1ccc(I)cc1. The fraction of sp³-hybridized carbons (Fsp3) is 0. The van der Waals surface area contributed by atoms with Crippen molar-refractivity contribution < 1.29 is 10.0 Å². The van der Waals surface area contributed by atoms with Crippen LogP contribution in [0, 0.1) is 3.57 Å². The lowest BCUT2D eigenvalue weighted by Gasteiger charge is -2.15. The number of aromatic nitrogens is 2. The zero-order valence-corrected chi connectivity index (χ0v) is 15.1. The lowest BCUT2D eigenvalue weighted by atomic mass is 10.1. The molecule has 122 valence electrons. The van der Waals surface area contributed by atoms with Gasteiger partial charge in [-0.1, -0.05) is 11.6 Å². The number of anilines is 2. The Kier molecular flexibility index (Phi) is 5.03. The van der Waals surface area contributed by atoms with Gasteiger partial charge in [-0.15, -0.1) is 0 Å². The largest absolute Gasteiger partial charge is 0.355 e. The van der Waals surface area contributed by atoms with Gasteiger partial charge in [0.25, 0.3) is 5.91 Å². The number of hydrogen-bond acceptors (Lipinski definition) is 4. The molecule has 0 fully saturated rings. The molecule has 6 nitrogen and oxygen atoms in total. The monoisotopic (exact) mass is 454 g/mol. The fourth-order valence-corrected chi connectivity index (χ4v) is 2.82. The number of halogens is 2. The molecule has 1 amide bonds. The third-order valence-corrected chi connectivity index (χ3v) is 4.36. The Labute approximate surface area is 156 Å². The zero-order chi connectivity index (χ0) is 17.1. The number of carbonyl (C=O) groups is 1. The van der Waals surface area contributed by atoms with E-state index in [4.69, 9.17) is 16.8 Å². The van der Waals surface area contributed by atoms with E-state index in [9.17, 15) is 4.79 Å². The van der Waals surface area contributed by atoms with Crippen molar-refractivity contribution >= 4 is 51.5 Å². The Morgan fingerprint density at radius 1 is 1.25 bits per heavy atom. The van der Waals surface area contributed by atoms with E-state index in [0.717, 1.165) is 9.26 Å². The van der Waals surface area contributed by atoms with Gasteiger partial charge in [0.2, 0.25) is 0 Å². The van der Waals surface area contributed by atoms with Crippen LogP contribution in [0.4, 0.5) is 11.4 Å². The lowest BCUT2D eigenvalue weighted by molar-refractivity contribution is 0.0707. The zero-order valence-electron chi connectivity index (χ0n) is 12.2. The molecule has 0 aliphatic carbocycles. The Bertz CT molecular complexity index is 867. The molecule has 3 rings (SSSR count). The molecule has 1 heterocycles. The first-order chi connectivity index (χ1) is 11.6. The summed E-state index contributed by atoms with van der Waals surface area (Å²) in [5.74, 6) is -0.651. The van der Waals surface area contributed by atoms with Crippen LogP contribution in [0.1, 0.15) is 10.4 Å². The predicted molar refractivity (Wildman–Crippen MR) is 100 cm³/mol. The summed E-state index contributed by atoms with van der Waals surface area (Å²) in [7, 11) is 0. The lowest BCUT2D eigenvalue weighted by Crippen LogP contribution is -2.20. The number of imidazole rings is 1. The van der Waals surface area contributed by atoms with Gasteiger partial charge in [-0.25, -0.2) is 10.5 Å². The average molecular weight is 455 g/mol. The van der Waals surface area contributed by atoms with Crippen molar-refractivity contribution in [3.63, 3.8) is 0 Å². The third kappa shape index (κ3) is 3.53. The number of rotatable bonds is 4. The molecule has 0 atom stereocenters. The Morgan fingerprint density at radius 3 is 2.62 bits per heavy atom. The third-order valence-electron chi connectivity index (χ3n) is 3.34. The van der Waals surface area contributed by atoms with Gasteiger partial charge in [0, 0.05) is 21.7 Å². The standard InChI is InChI=1S/C16H12ClIN4O2/c17-13-7-12(16(23)21-24)14(8-15(13)22-6-5-19-9-22)20-11-3-1-10(18)2-4-11/h1-9,20,24H,(H,21,23). The molecule has 0 aliphatic rings. The summed E-state index contributed by atoms with van der Waals surface area (Å²) in [6.07, 6.45) is 5.00. The van der Waals surface area contributed by atoms with Gasteiger partial charge in [-0.05, 0) is 59.0 Å². The summed E-state index contributed by atoms with van der Waals surface area (Å²) in [5, 5.41) is 12.5. The van der Waals surface area contributed by atoms with Crippen molar-refractivity contribution in [2.75, 3.05) is 5.32 Å². The summed E-state index contributed by atoms with van der Waals surface area (Å²) in [6.45, 7) is 0. The molecule has 2 aromatic carbocycles. The number of carbonyl (C=O) groups excluding carboxylic acids is 1. The second kappa shape index (κ2) is 7.20. The van der Waals surface area contributed by atoms with Crippen molar-refractivity contribution in [2.24, 2.45) is 0 Å². The predicted octanol–water partition coefficient (Wildman–Crippen LogP) is 3.99. The van der Waals surface area contributed by atoms with Crippen molar-refractivity contribution in [3.8, 4) is 5.69 Å². The minimum Gasteiger partial charge on any atom is -0.355 e. The number of amides is 1. The highest BCUT2D eigenvalue weighted by atomic mass is 127. The second-order valence-corrected chi connectivity index (χ2v) is 6.54. The Hall–Kier alpha value is -2.10. The molecular formula is C16H12ClIN4O2. The van der Waals surface area contributed by atoms with Crippen LogP contribution in [-0.2, 0) is 0 Å².